The van der Waals surface area contributed by atoms with Gasteiger partial charge in [-0.2, -0.15) is 5.10 Å². The number of H-pyrrole nitrogens is 1. The van der Waals surface area contributed by atoms with Crippen molar-refractivity contribution >= 4 is 23.6 Å². The number of para-hydroxylation sites is 1. The number of nitrogens with one attached hydrogen (secondary N) is 1. The van der Waals surface area contributed by atoms with E-state index in [1.54, 1.807) is 0 Å². The van der Waals surface area contributed by atoms with Gasteiger partial charge in [0.05, 0.1) is 0 Å². The zero-order chi connectivity index (χ0) is 14.2. The number of rotatable bonds is 2. The second-order valence-corrected chi connectivity index (χ2v) is 6.63. The van der Waals surface area contributed by atoms with Crippen LogP contribution in [0.15, 0.2) is 35.7 Å². The van der Waals surface area contributed by atoms with Crippen LogP contribution in [0.4, 0.5) is 0 Å². The van der Waals surface area contributed by atoms with E-state index in [4.69, 9.17) is 12.2 Å². The van der Waals surface area contributed by atoms with E-state index < -0.39 is 0 Å². The summed E-state index contributed by atoms with van der Waals surface area (Å²) >= 11 is 7.29. The number of benzene rings is 1. The minimum absolute atomic E-state index is 0.645. The normalized spacial score (nSPS) is 14.1. The standard InChI is InChI=1S/C16H15N3S2/c20-16-18-17-15(19(16)11-6-2-1-3-7-11)13-10-21-14-9-5-4-8-12(13)14/h1-3,6-7,10H,4-5,8-9H2,(H,18,20). The monoisotopic (exact) mass is 313 g/mol. The molecular weight excluding hydrogens is 298 g/mol. The molecule has 21 heavy (non-hydrogen) atoms. The molecule has 0 spiro atoms. The molecule has 106 valence electrons. The number of aromatic amines is 1. The molecule has 0 amide bonds. The van der Waals surface area contributed by atoms with Gasteiger partial charge in [0.1, 0.15) is 0 Å². The second kappa shape index (κ2) is 5.24. The topological polar surface area (TPSA) is 33.6 Å². The summed E-state index contributed by atoms with van der Waals surface area (Å²) < 4.78 is 2.68. The quantitative estimate of drug-likeness (QED) is 0.705. The molecule has 0 saturated heterocycles. The van der Waals surface area contributed by atoms with Crippen LogP contribution >= 0.6 is 23.6 Å². The summed E-state index contributed by atoms with van der Waals surface area (Å²) in [6.45, 7) is 0. The average molecular weight is 313 g/mol. The predicted octanol–water partition coefficient (Wildman–Crippen LogP) is 4.54. The molecular formula is C16H15N3S2. The minimum Gasteiger partial charge on any atom is -0.268 e. The fourth-order valence-electron chi connectivity index (χ4n) is 2.98. The first-order valence-corrected chi connectivity index (χ1v) is 8.46. The Kier molecular flexibility index (Phi) is 3.24. The van der Waals surface area contributed by atoms with Gasteiger partial charge in [0.25, 0.3) is 0 Å². The third-order valence-electron chi connectivity index (χ3n) is 3.99. The highest BCUT2D eigenvalue weighted by molar-refractivity contribution is 7.71. The third kappa shape index (κ3) is 2.17. The first kappa shape index (κ1) is 13.0. The average Bonchev–Trinajstić information content (AvgIpc) is 3.11. The van der Waals surface area contributed by atoms with Gasteiger partial charge < -0.3 is 0 Å². The Balaban J connectivity index is 1.91. The Bertz CT molecular complexity index is 827. The predicted molar refractivity (Wildman–Crippen MR) is 88.7 cm³/mol. The van der Waals surface area contributed by atoms with Crippen LogP contribution in [0.5, 0.6) is 0 Å². The molecule has 1 aromatic carbocycles. The third-order valence-corrected chi connectivity index (χ3v) is 5.35. The number of aromatic nitrogens is 3. The summed E-state index contributed by atoms with van der Waals surface area (Å²) in [6, 6.07) is 10.2. The Hall–Kier alpha value is -1.72. The molecule has 0 fully saturated rings. The number of nitrogens with zero attached hydrogens (tertiary/aromatic N) is 2. The number of thiophene rings is 1. The minimum atomic E-state index is 0.645. The zero-order valence-corrected chi connectivity index (χ0v) is 13.1. The van der Waals surface area contributed by atoms with Crippen molar-refractivity contribution in [2.24, 2.45) is 0 Å². The molecule has 1 aliphatic rings. The van der Waals surface area contributed by atoms with Crippen molar-refractivity contribution < 1.29 is 0 Å². The smallest absolute Gasteiger partial charge is 0.200 e. The zero-order valence-electron chi connectivity index (χ0n) is 11.5. The van der Waals surface area contributed by atoms with Crippen LogP contribution in [-0.4, -0.2) is 14.8 Å². The highest BCUT2D eigenvalue weighted by Crippen LogP contribution is 2.36. The van der Waals surface area contributed by atoms with E-state index in [9.17, 15) is 0 Å². The second-order valence-electron chi connectivity index (χ2n) is 5.28. The Morgan fingerprint density at radius 3 is 2.81 bits per heavy atom. The molecule has 4 rings (SSSR count). The van der Waals surface area contributed by atoms with Gasteiger partial charge in [-0.3, -0.25) is 9.67 Å². The Labute approximate surface area is 132 Å². The molecule has 0 unspecified atom stereocenters. The molecule has 2 aromatic heterocycles. The fourth-order valence-corrected chi connectivity index (χ4v) is 4.34. The van der Waals surface area contributed by atoms with Crippen LogP contribution < -0.4 is 0 Å². The Morgan fingerprint density at radius 1 is 1.14 bits per heavy atom. The van der Waals surface area contributed by atoms with Crippen molar-refractivity contribution in [2.45, 2.75) is 25.7 Å². The largest absolute Gasteiger partial charge is 0.268 e. The van der Waals surface area contributed by atoms with E-state index >= 15 is 0 Å². The molecule has 0 atom stereocenters. The first-order valence-electron chi connectivity index (χ1n) is 7.17. The van der Waals surface area contributed by atoms with Gasteiger partial charge in [0, 0.05) is 21.5 Å². The highest BCUT2D eigenvalue weighted by atomic mass is 32.1. The van der Waals surface area contributed by atoms with Crippen molar-refractivity contribution in [1.29, 1.82) is 0 Å². The summed E-state index contributed by atoms with van der Waals surface area (Å²) in [5, 5.41) is 9.68. The highest BCUT2D eigenvalue weighted by Gasteiger charge is 2.20. The molecule has 3 nitrogen and oxygen atoms in total. The van der Waals surface area contributed by atoms with Crippen LogP contribution in [0.2, 0.25) is 0 Å². The van der Waals surface area contributed by atoms with Gasteiger partial charge >= 0.3 is 0 Å². The molecule has 0 bridgehead atoms. The molecule has 2 heterocycles. The van der Waals surface area contributed by atoms with Gasteiger partial charge in [0.15, 0.2) is 10.6 Å². The summed E-state index contributed by atoms with van der Waals surface area (Å²) in [4.78, 5) is 1.52. The maximum Gasteiger partial charge on any atom is 0.200 e. The van der Waals surface area contributed by atoms with E-state index in [2.05, 4.69) is 27.7 Å². The summed E-state index contributed by atoms with van der Waals surface area (Å²) in [7, 11) is 0. The van der Waals surface area contributed by atoms with Gasteiger partial charge in [-0.05, 0) is 55.6 Å². The van der Waals surface area contributed by atoms with Crippen LogP contribution in [0.1, 0.15) is 23.3 Å². The molecule has 0 saturated carbocycles. The van der Waals surface area contributed by atoms with E-state index in [0.29, 0.717) is 4.77 Å². The summed E-state index contributed by atoms with van der Waals surface area (Å²) in [6.07, 6.45) is 4.94. The lowest BCUT2D eigenvalue weighted by Gasteiger charge is -2.13. The van der Waals surface area contributed by atoms with Gasteiger partial charge in [-0.15, -0.1) is 11.3 Å². The Morgan fingerprint density at radius 2 is 1.95 bits per heavy atom. The van der Waals surface area contributed by atoms with Crippen LogP contribution in [0, 0.1) is 4.77 Å². The first-order chi connectivity index (χ1) is 10.3. The fraction of sp³-hybridized carbons (Fsp3) is 0.250. The van der Waals surface area contributed by atoms with Gasteiger partial charge in [0.2, 0.25) is 0 Å². The van der Waals surface area contributed by atoms with Gasteiger partial charge in [-0.1, -0.05) is 18.2 Å². The molecule has 0 aliphatic heterocycles. The van der Waals surface area contributed by atoms with Crippen molar-refractivity contribution in [2.75, 3.05) is 0 Å². The molecule has 0 radical (unpaired) electrons. The van der Waals surface area contributed by atoms with Crippen molar-refractivity contribution in [3.63, 3.8) is 0 Å². The SMILES string of the molecule is S=c1[nH]nc(-c2csc3c2CCCC3)n1-c1ccccc1. The van der Waals surface area contributed by atoms with Crippen LogP contribution in [0.3, 0.4) is 0 Å². The number of hydrogen-bond donors (Lipinski definition) is 1. The molecule has 5 heteroatoms. The molecule has 3 aromatic rings. The van der Waals surface area contributed by atoms with Crippen molar-refractivity contribution in [1.82, 2.24) is 14.8 Å². The number of aryl methyl sites for hydroxylation is 1. The van der Waals surface area contributed by atoms with E-state index in [1.165, 1.54) is 35.3 Å². The van der Waals surface area contributed by atoms with Crippen LogP contribution in [0.25, 0.3) is 17.1 Å². The summed E-state index contributed by atoms with van der Waals surface area (Å²) in [5.74, 6) is 0.936. The number of hydrogen-bond acceptors (Lipinski definition) is 3. The maximum atomic E-state index is 5.43. The lowest BCUT2D eigenvalue weighted by Crippen LogP contribution is -2.02. The van der Waals surface area contributed by atoms with Crippen molar-refractivity contribution in [3.8, 4) is 17.1 Å². The van der Waals surface area contributed by atoms with E-state index in [0.717, 1.165) is 17.9 Å². The van der Waals surface area contributed by atoms with Crippen LogP contribution in [-0.2, 0) is 12.8 Å². The molecule has 1 aliphatic carbocycles. The van der Waals surface area contributed by atoms with E-state index in [-0.39, 0.29) is 0 Å². The summed E-state index contributed by atoms with van der Waals surface area (Å²) in [5.41, 5.74) is 3.77. The van der Waals surface area contributed by atoms with Gasteiger partial charge in [-0.25, -0.2) is 0 Å². The lowest BCUT2D eigenvalue weighted by molar-refractivity contribution is 0.697. The number of fused-ring (bicyclic) bond motifs is 1. The molecule has 1 N–H and O–H groups in total. The maximum absolute atomic E-state index is 5.43. The van der Waals surface area contributed by atoms with E-state index in [1.807, 2.05) is 34.1 Å². The van der Waals surface area contributed by atoms with Crippen molar-refractivity contribution in [3.05, 3.63) is 50.9 Å². The lowest BCUT2D eigenvalue weighted by atomic mass is 9.95.